The summed E-state index contributed by atoms with van der Waals surface area (Å²) in [6.45, 7) is 3.84. The molecule has 1 aliphatic heterocycles. The molecule has 1 N–H and O–H groups in total. The van der Waals surface area contributed by atoms with E-state index in [4.69, 9.17) is 11.6 Å². The number of nitrogens with one attached hydrogen (secondary N) is 1. The molecule has 1 fully saturated rings. The van der Waals surface area contributed by atoms with Gasteiger partial charge >= 0.3 is 0 Å². The second-order valence-electron chi connectivity index (χ2n) is 6.61. The van der Waals surface area contributed by atoms with Gasteiger partial charge in [0, 0.05) is 6.54 Å². The molecule has 1 atom stereocenters. The van der Waals surface area contributed by atoms with E-state index in [2.05, 4.69) is 5.32 Å². The van der Waals surface area contributed by atoms with Crippen LogP contribution in [0.4, 0.5) is 5.69 Å². The summed E-state index contributed by atoms with van der Waals surface area (Å²) in [5.41, 5.74) is 2.27. The van der Waals surface area contributed by atoms with E-state index in [0.29, 0.717) is 6.54 Å². The Morgan fingerprint density at radius 1 is 1.22 bits per heavy atom. The number of hydrogen-bond acceptors (Lipinski definition) is 4. The van der Waals surface area contributed by atoms with Crippen LogP contribution in [0.5, 0.6) is 0 Å². The Balaban J connectivity index is 1.84. The molecular weight excluding hydrogens is 388 g/mol. The van der Waals surface area contributed by atoms with Gasteiger partial charge in [-0.25, -0.2) is 12.7 Å². The van der Waals surface area contributed by atoms with Crippen LogP contribution >= 0.6 is 11.6 Å². The van der Waals surface area contributed by atoms with Crippen LogP contribution in [0, 0.1) is 12.8 Å². The van der Waals surface area contributed by atoms with E-state index in [0.717, 1.165) is 15.4 Å². The van der Waals surface area contributed by atoms with Gasteiger partial charge in [0.25, 0.3) is 5.91 Å². The van der Waals surface area contributed by atoms with Crippen molar-refractivity contribution in [1.82, 2.24) is 5.32 Å². The summed E-state index contributed by atoms with van der Waals surface area (Å²) in [5, 5.41) is 2.94. The van der Waals surface area contributed by atoms with Crippen molar-refractivity contribution in [2.75, 3.05) is 10.1 Å². The molecule has 0 saturated carbocycles. The summed E-state index contributed by atoms with van der Waals surface area (Å²) in [5.74, 6) is -1.82. The van der Waals surface area contributed by atoms with Gasteiger partial charge in [0.05, 0.1) is 27.9 Å². The van der Waals surface area contributed by atoms with Crippen LogP contribution in [0.1, 0.15) is 28.4 Å². The second-order valence-corrected chi connectivity index (χ2v) is 8.88. The number of anilines is 1. The average molecular weight is 407 g/mol. The van der Waals surface area contributed by atoms with Crippen LogP contribution in [-0.4, -0.2) is 26.0 Å². The molecule has 1 aliphatic rings. The Bertz CT molecular complexity index is 1000. The molecule has 2 aromatic rings. The van der Waals surface area contributed by atoms with Crippen molar-refractivity contribution < 1.29 is 18.0 Å². The monoisotopic (exact) mass is 406 g/mol. The second kappa shape index (κ2) is 7.32. The number of carbonyl (C=O) groups is 2. The third kappa shape index (κ3) is 3.99. The Morgan fingerprint density at radius 3 is 2.48 bits per heavy atom. The largest absolute Gasteiger partial charge is 0.348 e. The van der Waals surface area contributed by atoms with Crippen LogP contribution in [0.25, 0.3) is 0 Å². The molecule has 3 rings (SSSR count). The summed E-state index contributed by atoms with van der Waals surface area (Å²) >= 11 is 6.12. The Kier molecular flexibility index (Phi) is 5.26. The molecule has 1 unspecified atom stereocenters. The van der Waals surface area contributed by atoms with Crippen molar-refractivity contribution in [2.45, 2.75) is 20.4 Å². The normalized spacial score (nSPS) is 18.6. The van der Waals surface area contributed by atoms with Gasteiger partial charge in [0.2, 0.25) is 15.9 Å². The molecule has 6 nitrogen and oxygen atoms in total. The number of rotatable bonds is 4. The third-order valence-electron chi connectivity index (χ3n) is 4.36. The summed E-state index contributed by atoms with van der Waals surface area (Å²) in [6.07, 6.45) is 0. The fourth-order valence-corrected chi connectivity index (χ4v) is 4.90. The van der Waals surface area contributed by atoms with E-state index in [1.54, 1.807) is 6.92 Å². The molecule has 27 heavy (non-hydrogen) atoms. The topological polar surface area (TPSA) is 83.6 Å². The van der Waals surface area contributed by atoms with Gasteiger partial charge in [-0.2, -0.15) is 0 Å². The first kappa shape index (κ1) is 19.4. The summed E-state index contributed by atoms with van der Waals surface area (Å²) < 4.78 is 25.3. The molecule has 142 valence electrons. The zero-order chi connectivity index (χ0) is 19.8. The maximum absolute atomic E-state index is 12.5. The highest BCUT2D eigenvalue weighted by Crippen LogP contribution is 2.31. The molecule has 1 heterocycles. The molecule has 0 aromatic heterocycles. The van der Waals surface area contributed by atoms with Gasteiger partial charge in [-0.05, 0) is 30.7 Å². The summed E-state index contributed by atoms with van der Waals surface area (Å²) in [7, 11) is -3.74. The smallest absolute Gasteiger partial charge is 0.253 e. The molecule has 2 amide bonds. The van der Waals surface area contributed by atoms with E-state index in [-0.39, 0.29) is 22.0 Å². The van der Waals surface area contributed by atoms with E-state index in [1.807, 2.05) is 31.2 Å². The Labute approximate surface area is 163 Å². The number of nitrogens with zero attached hydrogens (tertiary/aromatic N) is 1. The standard InChI is InChI=1S/C19H19ClN2O4S/c1-12-3-5-14(6-4-12)10-21-18(23)16-9-15(7-8-17(16)20)22-19(24)13(2)11-27(22,25)26/h3-9,13H,10-11H2,1-2H3,(H,21,23). The first-order valence-corrected chi connectivity index (χ1v) is 10.4. The van der Waals surface area contributed by atoms with Crippen molar-refractivity contribution >= 4 is 39.1 Å². The van der Waals surface area contributed by atoms with Crippen molar-refractivity contribution in [2.24, 2.45) is 5.92 Å². The van der Waals surface area contributed by atoms with Crippen LogP contribution < -0.4 is 9.62 Å². The number of carbonyl (C=O) groups excluding carboxylic acids is 2. The number of benzene rings is 2. The number of hydrogen-bond donors (Lipinski definition) is 1. The minimum Gasteiger partial charge on any atom is -0.348 e. The number of aryl methyl sites for hydroxylation is 1. The van der Waals surface area contributed by atoms with E-state index in [1.165, 1.54) is 18.2 Å². The van der Waals surface area contributed by atoms with Crippen molar-refractivity contribution in [3.8, 4) is 0 Å². The van der Waals surface area contributed by atoms with Gasteiger partial charge in [-0.15, -0.1) is 0 Å². The van der Waals surface area contributed by atoms with Crippen LogP contribution in [0.3, 0.4) is 0 Å². The molecule has 0 bridgehead atoms. The summed E-state index contributed by atoms with van der Waals surface area (Å²) in [4.78, 5) is 24.8. The minimum atomic E-state index is -3.74. The van der Waals surface area contributed by atoms with E-state index in [9.17, 15) is 18.0 Å². The Morgan fingerprint density at radius 2 is 1.89 bits per heavy atom. The fraction of sp³-hybridized carbons (Fsp3) is 0.263. The van der Waals surface area contributed by atoms with Crippen molar-refractivity contribution in [3.05, 3.63) is 64.2 Å². The molecule has 1 saturated heterocycles. The molecule has 0 aliphatic carbocycles. The highest BCUT2D eigenvalue weighted by molar-refractivity contribution is 7.94. The van der Waals surface area contributed by atoms with Gasteiger partial charge < -0.3 is 5.32 Å². The minimum absolute atomic E-state index is 0.115. The lowest BCUT2D eigenvalue weighted by Gasteiger charge is -2.17. The molecular formula is C19H19ClN2O4S. The highest BCUT2D eigenvalue weighted by Gasteiger charge is 2.42. The summed E-state index contributed by atoms with van der Waals surface area (Å²) in [6, 6.07) is 11.9. The van der Waals surface area contributed by atoms with Gasteiger partial charge in [0.15, 0.2) is 0 Å². The number of amides is 2. The number of sulfonamides is 1. The molecule has 2 aromatic carbocycles. The van der Waals surface area contributed by atoms with Crippen molar-refractivity contribution in [1.29, 1.82) is 0 Å². The fourth-order valence-electron chi connectivity index (χ4n) is 2.88. The maximum Gasteiger partial charge on any atom is 0.253 e. The van der Waals surface area contributed by atoms with Crippen LogP contribution in [0.15, 0.2) is 42.5 Å². The lowest BCUT2D eigenvalue weighted by Crippen LogP contribution is -2.31. The Hall–Kier alpha value is -2.38. The first-order chi connectivity index (χ1) is 12.7. The van der Waals surface area contributed by atoms with E-state index < -0.39 is 27.8 Å². The van der Waals surface area contributed by atoms with Gasteiger partial charge in [-0.1, -0.05) is 48.4 Å². The lowest BCUT2D eigenvalue weighted by molar-refractivity contribution is -0.119. The highest BCUT2D eigenvalue weighted by atomic mass is 35.5. The van der Waals surface area contributed by atoms with Crippen LogP contribution in [-0.2, 0) is 21.4 Å². The maximum atomic E-state index is 12.5. The zero-order valence-corrected chi connectivity index (χ0v) is 16.5. The predicted octanol–water partition coefficient (Wildman–Crippen LogP) is 2.89. The van der Waals surface area contributed by atoms with Gasteiger partial charge in [-0.3, -0.25) is 9.59 Å². The quantitative estimate of drug-likeness (QED) is 0.846. The lowest BCUT2D eigenvalue weighted by atomic mass is 10.1. The van der Waals surface area contributed by atoms with Crippen LogP contribution in [0.2, 0.25) is 5.02 Å². The number of halogens is 1. The first-order valence-electron chi connectivity index (χ1n) is 8.39. The predicted molar refractivity (Wildman–Crippen MR) is 104 cm³/mol. The molecule has 0 spiro atoms. The average Bonchev–Trinajstić information content (AvgIpc) is 2.82. The SMILES string of the molecule is Cc1ccc(CNC(=O)c2cc(N3C(=O)C(C)CS3(=O)=O)ccc2Cl)cc1. The molecule has 0 radical (unpaired) electrons. The zero-order valence-electron chi connectivity index (χ0n) is 14.9. The van der Waals surface area contributed by atoms with Crippen molar-refractivity contribution in [3.63, 3.8) is 0 Å². The van der Waals surface area contributed by atoms with Gasteiger partial charge in [0.1, 0.15) is 0 Å². The molecule has 8 heteroatoms. The third-order valence-corrected chi connectivity index (χ3v) is 6.56. The van der Waals surface area contributed by atoms with E-state index >= 15 is 0 Å².